The summed E-state index contributed by atoms with van der Waals surface area (Å²) in [6.45, 7) is 2.12. The van der Waals surface area contributed by atoms with Crippen LogP contribution in [-0.2, 0) is 5.75 Å². The summed E-state index contributed by atoms with van der Waals surface area (Å²) in [6.07, 6.45) is 0. The van der Waals surface area contributed by atoms with Crippen LogP contribution in [0.3, 0.4) is 0 Å². The molecule has 2 rings (SSSR count). The third kappa shape index (κ3) is 3.10. The Morgan fingerprint density at radius 1 is 1.20 bits per heavy atom. The highest BCUT2D eigenvalue weighted by Gasteiger charge is 2.01. The Morgan fingerprint density at radius 2 is 1.93 bits per heavy atom. The summed E-state index contributed by atoms with van der Waals surface area (Å²) in [7, 11) is 0. The van der Waals surface area contributed by atoms with Crippen molar-refractivity contribution in [1.29, 1.82) is 0 Å². The molecule has 0 aliphatic heterocycles. The van der Waals surface area contributed by atoms with Gasteiger partial charge in [-0.3, -0.25) is 0 Å². The maximum atomic E-state index is 3.55. The molecule has 0 atom stereocenters. The molecule has 0 bridgehead atoms. The number of hydrogen-bond donors (Lipinski definition) is 0. The Hall–Kier alpha value is -0.250. The number of rotatable bonds is 3. The van der Waals surface area contributed by atoms with Crippen LogP contribution in [0.15, 0.2) is 45.1 Å². The maximum absolute atomic E-state index is 3.55. The van der Waals surface area contributed by atoms with Gasteiger partial charge in [-0.25, -0.2) is 0 Å². The minimum atomic E-state index is 1.04. The SMILES string of the molecule is Cc1ccc(SCc2sccc2Br)cc1. The van der Waals surface area contributed by atoms with Crippen LogP contribution in [0.2, 0.25) is 0 Å². The first-order valence-corrected chi connectivity index (χ1v) is 7.33. The lowest BCUT2D eigenvalue weighted by Crippen LogP contribution is -1.77. The highest BCUT2D eigenvalue weighted by molar-refractivity contribution is 9.10. The number of hydrogen-bond acceptors (Lipinski definition) is 2. The summed E-state index contributed by atoms with van der Waals surface area (Å²) in [6, 6.07) is 10.8. The van der Waals surface area contributed by atoms with E-state index in [1.165, 1.54) is 19.8 Å². The van der Waals surface area contributed by atoms with Crippen LogP contribution in [0, 0.1) is 6.92 Å². The first-order chi connectivity index (χ1) is 7.25. The first-order valence-electron chi connectivity index (χ1n) is 4.67. The van der Waals surface area contributed by atoms with E-state index in [4.69, 9.17) is 0 Å². The van der Waals surface area contributed by atoms with Gasteiger partial charge in [0.2, 0.25) is 0 Å². The maximum Gasteiger partial charge on any atom is 0.0337 e. The molecule has 0 nitrogen and oxygen atoms in total. The molecule has 0 radical (unpaired) electrons. The average molecular weight is 299 g/mol. The zero-order chi connectivity index (χ0) is 10.7. The fraction of sp³-hybridized carbons (Fsp3) is 0.167. The van der Waals surface area contributed by atoms with Crippen LogP contribution in [-0.4, -0.2) is 0 Å². The van der Waals surface area contributed by atoms with Gasteiger partial charge in [0, 0.05) is 20.0 Å². The molecule has 0 amide bonds. The van der Waals surface area contributed by atoms with Crippen molar-refractivity contribution >= 4 is 39.0 Å². The lowest BCUT2D eigenvalue weighted by molar-refractivity contribution is 1.36. The third-order valence-electron chi connectivity index (χ3n) is 2.08. The van der Waals surface area contributed by atoms with Gasteiger partial charge in [-0.05, 0) is 46.4 Å². The molecule has 0 N–H and O–H groups in total. The van der Waals surface area contributed by atoms with Crippen molar-refractivity contribution in [2.45, 2.75) is 17.6 Å². The Bertz CT molecular complexity index is 431. The second-order valence-corrected chi connectivity index (χ2v) is 6.20. The van der Waals surface area contributed by atoms with Crippen molar-refractivity contribution in [3.8, 4) is 0 Å². The van der Waals surface area contributed by atoms with Gasteiger partial charge in [0.25, 0.3) is 0 Å². The van der Waals surface area contributed by atoms with Gasteiger partial charge in [0.15, 0.2) is 0 Å². The largest absolute Gasteiger partial charge is 0.147 e. The predicted molar refractivity (Wildman–Crippen MR) is 72.8 cm³/mol. The quantitative estimate of drug-likeness (QED) is 0.710. The van der Waals surface area contributed by atoms with Crippen LogP contribution in [0.1, 0.15) is 10.4 Å². The summed E-state index contributed by atoms with van der Waals surface area (Å²) in [5.74, 6) is 1.04. The molecule has 1 aromatic carbocycles. The standard InChI is InChI=1S/C12H11BrS2/c1-9-2-4-10(5-3-9)15-8-12-11(13)6-7-14-12/h2-7H,8H2,1H3. The molecule has 0 aliphatic carbocycles. The van der Waals surface area contributed by atoms with Crippen LogP contribution in [0.25, 0.3) is 0 Å². The lowest BCUT2D eigenvalue weighted by Gasteiger charge is -2.01. The second kappa shape index (κ2) is 5.19. The van der Waals surface area contributed by atoms with E-state index in [0.29, 0.717) is 0 Å². The Morgan fingerprint density at radius 3 is 2.53 bits per heavy atom. The zero-order valence-corrected chi connectivity index (χ0v) is 11.6. The summed E-state index contributed by atoms with van der Waals surface area (Å²) in [5, 5.41) is 2.12. The van der Waals surface area contributed by atoms with E-state index >= 15 is 0 Å². The number of thiophene rings is 1. The van der Waals surface area contributed by atoms with Crippen LogP contribution >= 0.6 is 39.0 Å². The molecule has 0 saturated carbocycles. The van der Waals surface area contributed by atoms with Gasteiger partial charge in [0.1, 0.15) is 0 Å². The molecular weight excluding hydrogens is 288 g/mol. The zero-order valence-electron chi connectivity index (χ0n) is 8.37. The number of aryl methyl sites for hydroxylation is 1. The molecule has 0 saturated heterocycles. The van der Waals surface area contributed by atoms with Crippen molar-refractivity contribution in [3.63, 3.8) is 0 Å². The van der Waals surface area contributed by atoms with E-state index in [1.54, 1.807) is 11.3 Å². The van der Waals surface area contributed by atoms with Crippen LogP contribution in [0.4, 0.5) is 0 Å². The van der Waals surface area contributed by atoms with Crippen molar-refractivity contribution in [2.75, 3.05) is 0 Å². The van der Waals surface area contributed by atoms with Gasteiger partial charge >= 0.3 is 0 Å². The van der Waals surface area contributed by atoms with Crippen molar-refractivity contribution in [1.82, 2.24) is 0 Å². The summed E-state index contributed by atoms with van der Waals surface area (Å²) in [4.78, 5) is 2.74. The van der Waals surface area contributed by atoms with E-state index in [2.05, 4.69) is 58.6 Å². The third-order valence-corrected chi connectivity index (χ3v) is 5.23. The van der Waals surface area contributed by atoms with Crippen LogP contribution < -0.4 is 0 Å². The minimum Gasteiger partial charge on any atom is -0.147 e. The smallest absolute Gasteiger partial charge is 0.0337 e. The topological polar surface area (TPSA) is 0 Å². The Labute approximate surface area is 107 Å². The normalized spacial score (nSPS) is 10.5. The monoisotopic (exact) mass is 298 g/mol. The van der Waals surface area contributed by atoms with Gasteiger partial charge in [-0.2, -0.15) is 0 Å². The number of thioether (sulfide) groups is 1. The fourth-order valence-electron chi connectivity index (χ4n) is 1.21. The van der Waals surface area contributed by atoms with Gasteiger partial charge in [-0.15, -0.1) is 23.1 Å². The van der Waals surface area contributed by atoms with Crippen molar-refractivity contribution < 1.29 is 0 Å². The highest BCUT2D eigenvalue weighted by Crippen LogP contribution is 2.30. The number of benzene rings is 1. The fourth-order valence-corrected chi connectivity index (χ4v) is 3.90. The summed E-state index contributed by atoms with van der Waals surface area (Å²) >= 11 is 7.23. The van der Waals surface area contributed by atoms with Gasteiger partial charge < -0.3 is 0 Å². The molecule has 0 fully saturated rings. The molecule has 3 heteroatoms. The molecule has 0 unspecified atom stereocenters. The Kier molecular flexibility index (Phi) is 3.89. The van der Waals surface area contributed by atoms with E-state index in [-0.39, 0.29) is 0 Å². The molecule has 15 heavy (non-hydrogen) atoms. The molecule has 2 aromatic rings. The first kappa shape index (κ1) is 11.2. The van der Waals surface area contributed by atoms with E-state index in [9.17, 15) is 0 Å². The minimum absolute atomic E-state index is 1.04. The average Bonchev–Trinajstić information content (AvgIpc) is 2.63. The molecule has 78 valence electrons. The molecule has 0 aliphatic rings. The molecule has 0 spiro atoms. The molecule has 1 aromatic heterocycles. The lowest BCUT2D eigenvalue weighted by atomic mass is 10.2. The Balaban J connectivity index is 1.99. The van der Waals surface area contributed by atoms with Gasteiger partial charge in [0.05, 0.1) is 0 Å². The van der Waals surface area contributed by atoms with E-state index in [0.717, 1.165) is 5.75 Å². The molecular formula is C12H11BrS2. The predicted octanol–water partition coefficient (Wildman–Crippen LogP) is 5.11. The summed E-state index contributed by atoms with van der Waals surface area (Å²) in [5.41, 5.74) is 1.32. The van der Waals surface area contributed by atoms with E-state index < -0.39 is 0 Å². The van der Waals surface area contributed by atoms with Gasteiger partial charge in [-0.1, -0.05) is 17.7 Å². The van der Waals surface area contributed by atoms with Crippen molar-refractivity contribution in [3.05, 3.63) is 50.6 Å². The van der Waals surface area contributed by atoms with Crippen molar-refractivity contribution in [2.24, 2.45) is 0 Å². The van der Waals surface area contributed by atoms with Crippen LogP contribution in [0.5, 0.6) is 0 Å². The second-order valence-electron chi connectivity index (χ2n) is 3.29. The molecule has 1 heterocycles. The van der Waals surface area contributed by atoms with E-state index in [1.807, 2.05) is 11.8 Å². The highest BCUT2D eigenvalue weighted by atomic mass is 79.9. The summed E-state index contributed by atoms with van der Waals surface area (Å²) < 4.78 is 1.23. The number of halogens is 1.